The van der Waals surface area contributed by atoms with Crippen molar-refractivity contribution in [1.82, 2.24) is 0 Å². The molecule has 0 aromatic heterocycles. The molecule has 1 spiro atoms. The molecule has 27 heavy (non-hydrogen) atoms. The smallest absolute Gasteiger partial charge is 0.194 e. The van der Waals surface area contributed by atoms with Crippen LogP contribution < -0.4 is 4.90 Å². The van der Waals surface area contributed by atoms with Gasteiger partial charge in [0.05, 0.1) is 30.1 Å². The van der Waals surface area contributed by atoms with Crippen LogP contribution in [0.25, 0.3) is 0 Å². The molecule has 5 heterocycles. The van der Waals surface area contributed by atoms with Crippen LogP contribution in [0.4, 0.5) is 5.69 Å². The number of anilines is 1. The molecule has 1 aromatic carbocycles. The topological polar surface area (TPSA) is 43.7 Å². The van der Waals surface area contributed by atoms with Crippen LogP contribution in [0.15, 0.2) is 24.3 Å². The number of quaternary nitrogens is 1. The van der Waals surface area contributed by atoms with Gasteiger partial charge in [-0.2, -0.15) is 0 Å². The van der Waals surface area contributed by atoms with Gasteiger partial charge in [-0.1, -0.05) is 32.0 Å². The van der Waals surface area contributed by atoms with Crippen molar-refractivity contribution in [1.29, 1.82) is 0 Å². The maximum Gasteiger partial charge on any atom is 0.194 e. The van der Waals surface area contributed by atoms with Crippen molar-refractivity contribution >= 4 is 5.69 Å². The largest absolute Gasteiger partial charge is 0.392 e. The SMILES string of the molecule is CCC[N+]12[C@H](O)[C@@H](CC)C3C[C@H]1[C@@H]1N(C)c4ccccc4[C@]14C[C@H]2C3[C@H]4O. The van der Waals surface area contributed by atoms with Gasteiger partial charge >= 0.3 is 0 Å². The highest BCUT2D eigenvalue weighted by atomic mass is 16.3. The van der Waals surface area contributed by atoms with Crippen LogP contribution in [0, 0.1) is 17.8 Å². The second-order valence-corrected chi connectivity index (χ2v) is 10.1. The average molecular weight is 370 g/mol. The summed E-state index contributed by atoms with van der Waals surface area (Å²) in [6.07, 6.45) is 3.84. The molecule has 1 aromatic rings. The van der Waals surface area contributed by atoms with E-state index in [0.717, 1.165) is 30.3 Å². The summed E-state index contributed by atoms with van der Waals surface area (Å²) in [4.78, 5) is 2.48. The first-order valence-corrected chi connectivity index (χ1v) is 11.1. The predicted octanol–water partition coefficient (Wildman–Crippen LogP) is 2.48. The van der Waals surface area contributed by atoms with Crippen molar-refractivity contribution in [3.8, 4) is 0 Å². The lowest BCUT2D eigenvalue weighted by Crippen LogP contribution is -2.83. The van der Waals surface area contributed by atoms with Gasteiger partial charge in [0.25, 0.3) is 0 Å². The van der Waals surface area contributed by atoms with Crippen LogP contribution in [0.3, 0.4) is 0 Å². The van der Waals surface area contributed by atoms with E-state index in [2.05, 4.69) is 50.1 Å². The van der Waals surface area contributed by atoms with Crippen molar-refractivity contribution in [3.63, 3.8) is 0 Å². The van der Waals surface area contributed by atoms with Crippen molar-refractivity contribution in [3.05, 3.63) is 29.8 Å². The van der Waals surface area contributed by atoms with E-state index in [1.807, 2.05) is 0 Å². The minimum Gasteiger partial charge on any atom is -0.392 e. The zero-order valence-corrected chi connectivity index (χ0v) is 16.8. The third-order valence-electron chi connectivity index (χ3n) is 9.73. The Kier molecular flexibility index (Phi) is 3.17. The first kappa shape index (κ1) is 16.8. The van der Waals surface area contributed by atoms with Crippen molar-refractivity contribution in [2.45, 2.75) is 75.4 Å². The highest BCUT2D eigenvalue weighted by Gasteiger charge is 2.82. The Morgan fingerprint density at radius 2 is 1.96 bits per heavy atom. The summed E-state index contributed by atoms with van der Waals surface area (Å²) in [5.41, 5.74) is 2.56. The lowest BCUT2D eigenvalue weighted by Gasteiger charge is -2.68. The van der Waals surface area contributed by atoms with Gasteiger partial charge in [-0.15, -0.1) is 0 Å². The summed E-state index contributed by atoms with van der Waals surface area (Å²) >= 11 is 0. The van der Waals surface area contributed by atoms with E-state index in [1.165, 1.54) is 17.7 Å². The van der Waals surface area contributed by atoms with Crippen molar-refractivity contribution < 1.29 is 14.7 Å². The number of aliphatic hydroxyl groups is 2. The second kappa shape index (κ2) is 5.08. The van der Waals surface area contributed by atoms with Gasteiger partial charge in [0.2, 0.25) is 0 Å². The molecule has 5 bridgehead atoms. The predicted molar refractivity (Wildman–Crippen MR) is 105 cm³/mol. The average Bonchev–Trinajstić information content (AvgIpc) is 3.06. The Hall–Kier alpha value is -1.10. The molecule has 1 saturated carbocycles. The van der Waals surface area contributed by atoms with E-state index < -0.39 is 0 Å². The van der Waals surface area contributed by atoms with Gasteiger partial charge in [-0.25, -0.2) is 0 Å². The van der Waals surface area contributed by atoms with Crippen LogP contribution in [-0.4, -0.2) is 58.7 Å². The van der Waals surface area contributed by atoms with Gasteiger partial charge in [0.15, 0.2) is 6.23 Å². The number of nitrogens with zero attached hydrogens (tertiary/aromatic N) is 2. The molecular weight excluding hydrogens is 336 g/mol. The number of piperidine rings is 4. The zero-order chi connectivity index (χ0) is 18.7. The Balaban J connectivity index is 1.62. The first-order valence-electron chi connectivity index (χ1n) is 11.1. The summed E-state index contributed by atoms with van der Waals surface area (Å²) in [6, 6.07) is 9.97. The maximum absolute atomic E-state index is 11.9. The maximum atomic E-state index is 11.9. The minimum atomic E-state index is -0.271. The van der Waals surface area contributed by atoms with Crippen molar-refractivity contribution in [2.24, 2.45) is 17.8 Å². The summed E-state index contributed by atoms with van der Waals surface area (Å²) in [5, 5.41) is 23.6. The number of likely N-dealkylation sites (N-methyl/N-ethyl adjacent to an activating group) is 1. The molecule has 146 valence electrons. The van der Waals surface area contributed by atoms with E-state index in [9.17, 15) is 10.2 Å². The summed E-state index contributed by atoms with van der Waals surface area (Å²) in [6.45, 7) is 5.56. The molecule has 4 heteroatoms. The lowest BCUT2D eigenvalue weighted by molar-refractivity contribution is -1.04. The molecule has 2 N–H and O–H groups in total. The van der Waals surface area contributed by atoms with Gasteiger partial charge in [-0.05, 0) is 30.4 Å². The molecule has 0 amide bonds. The fraction of sp³-hybridized carbons (Fsp3) is 0.739. The molecule has 6 aliphatic rings. The van der Waals surface area contributed by atoms with Crippen LogP contribution in [-0.2, 0) is 5.41 Å². The minimum absolute atomic E-state index is 0.127. The van der Waals surface area contributed by atoms with E-state index in [1.54, 1.807) is 0 Å². The van der Waals surface area contributed by atoms with Gasteiger partial charge < -0.3 is 15.1 Å². The third kappa shape index (κ3) is 1.51. The molecule has 4 saturated heterocycles. The highest BCUT2D eigenvalue weighted by molar-refractivity contribution is 5.66. The van der Waals surface area contributed by atoms with Gasteiger partial charge in [0, 0.05) is 37.4 Å². The Morgan fingerprint density at radius 3 is 2.70 bits per heavy atom. The quantitative estimate of drug-likeness (QED) is 0.805. The summed E-state index contributed by atoms with van der Waals surface area (Å²) in [7, 11) is 2.23. The summed E-state index contributed by atoms with van der Waals surface area (Å²) < 4.78 is 0.873. The Bertz CT molecular complexity index is 798. The monoisotopic (exact) mass is 369 g/mol. The van der Waals surface area contributed by atoms with E-state index in [0.29, 0.717) is 35.9 Å². The van der Waals surface area contributed by atoms with Crippen LogP contribution in [0.2, 0.25) is 0 Å². The number of para-hydroxylation sites is 1. The number of hydrogen-bond donors (Lipinski definition) is 2. The number of aliphatic hydroxyl groups excluding tert-OH is 2. The molecule has 5 aliphatic heterocycles. The molecular formula is C23H33N2O2+. The molecule has 7 rings (SSSR count). The van der Waals surface area contributed by atoms with Gasteiger partial charge in [-0.3, -0.25) is 4.48 Å². The molecule has 10 atom stereocenters. The number of benzene rings is 1. The normalized spacial score (nSPS) is 53.7. The fourth-order valence-electron chi connectivity index (χ4n) is 9.23. The molecule has 5 fully saturated rings. The molecule has 0 radical (unpaired) electrons. The van der Waals surface area contributed by atoms with Crippen LogP contribution in [0.1, 0.15) is 45.1 Å². The van der Waals surface area contributed by atoms with Crippen LogP contribution in [0.5, 0.6) is 0 Å². The first-order chi connectivity index (χ1) is 13.0. The second-order valence-electron chi connectivity index (χ2n) is 10.1. The van der Waals surface area contributed by atoms with Gasteiger partial charge in [0.1, 0.15) is 6.04 Å². The van der Waals surface area contributed by atoms with Crippen LogP contribution >= 0.6 is 0 Å². The fourth-order valence-corrected chi connectivity index (χ4v) is 9.23. The van der Waals surface area contributed by atoms with E-state index in [4.69, 9.17) is 0 Å². The third-order valence-corrected chi connectivity index (χ3v) is 9.73. The molecule has 3 unspecified atom stereocenters. The number of rotatable bonds is 3. The molecule has 4 nitrogen and oxygen atoms in total. The van der Waals surface area contributed by atoms with E-state index >= 15 is 0 Å². The van der Waals surface area contributed by atoms with E-state index in [-0.39, 0.29) is 17.7 Å². The highest BCUT2D eigenvalue weighted by Crippen LogP contribution is 2.71. The Labute approximate surface area is 162 Å². The lowest BCUT2D eigenvalue weighted by atomic mass is 9.60. The molecule has 1 aliphatic carbocycles. The standard InChI is InChI=1S/C23H33N2O2/c1-4-10-25-17-11-14(13(5-2)22(25)27)19-18(25)12-23(21(19)26)15-8-6-7-9-16(15)24(3)20(17)23/h6-9,13-14,17-22,26-27H,4-5,10-12H2,1-3H3/q+1/t13-,14?,17-,18-,19?,20-,21+,22+,23+,25?/m0/s1. The Morgan fingerprint density at radius 1 is 1.19 bits per heavy atom. The number of fused-ring (bicyclic) bond motifs is 2. The number of hydrogen-bond acceptors (Lipinski definition) is 3. The zero-order valence-electron chi connectivity index (χ0n) is 16.8. The van der Waals surface area contributed by atoms with Crippen molar-refractivity contribution in [2.75, 3.05) is 18.5 Å². The summed E-state index contributed by atoms with van der Waals surface area (Å²) in [5.74, 6) is 1.18.